The molecule has 1 heterocycles. The first-order valence-electron chi connectivity index (χ1n) is 9.21. The maximum absolute atomic E-state index is 12.5. The van der Waals surface area contributed by atoms with E-state index in [1.54, 1.807) is 7.11 Å². The van der Waals surface area contributed by atoms with Crippen molar-refractivity contribution in [3.05, 3.63) is 29.8 Å². The van der Waals surface area contributed by atoms with Gasteiger partial charge in [-0.05, 0) is 37.0 Å². The van der Waals surface area contributed by atoms with Gasteiger partial charge in [0.2, 0.25) is 5.91 Å². The van der Waals surface area contributed by atoms with Gasteiger partial charge in [-0.25, -0.2) is 0 Å². The second-order valence-electron chi connectivity index (χ2n) is 7.65. The number of carbonyl (C=O) groups excluding carboxylic acids is 1. The van der Waals surface area contributed by atoms with E-state index in [1.807, 2.05) is 19.0 Å². The molecule has 3 rings (SSSR count). The quantitative estimate of drug-likeness (QED) is 0.887. The monoisotopic (exact) mass is 346 g/mol. The number of likely N-dealkylation sites (tertiary alicyclic amines) is 1. The average Bonchev–Trinajstić information content (AvgIpc) is 2.64. The van der Waals surface area contributed by atoms with Gasteiger partial charge in [0.15, 0.2) is 0 Å². The largest absolute Gasteiger partial charge is 0.392 e. The number of aliphatic hydroxyl groups is 1. The lowest BCUT2D eigenvalue weighted by atomic mass is 9.58. The summed E-state index contributed by atoms with van der Waals surface area (Å²) in [4.78, 5) is 16.5. The smallest absolute Gasteiger partial charge is 0.222 e. The van der Waals surface area contributed by atoms with Crippen molar-refractivity contribution >= 4 is 11.6 Å². The fourth-order valence-corrected chi connectivity index (χ4v) is 4.25. The van der Waals surface area contributed by atoms with Gasteiger partial charge >= 0.3 is 0 Å². The zero-order valence-electron chi connectivity index (χ0n) is 15.6. The Bertz CT molecular complexity index is 591. The molecule has 5 heteroatoms. The molecule has 1 amide bonds. The summed E-state index contributed by atoms with van der Waals surface area (Å²) in [5.74, 6) is 0.217. The number of ether oxygens (including phenoxy) is 1. The van der Waals surface area contributed by atoms with Crippen molar-refractivity contribution in [2.45, 2.75) is 44.3 Å². The lowest BCUT2D eigenvalue weighted by molar-refractivity contribution is -0.202. The number of aliphatic hydroxyl groups excluding tert-OH is 1. The van der Waals surface area contributed by atoms with Gasteiger partial charge in [-0.15, -0.1) is 0 Å². The van der Waals surface area contributed by atoms with Gasteiger partial charge < -0.3 is 19.6 Å². The van der Waals surface area contributed by atoms with E-state index in [9.17, 15) is 9.90 Å². The highest BCUT2D eigenvalue weighted by atomic mass is 16.5. The van der Waals surface area contributed by atoms with Crippen molar-refractivity contribution in [3.8, 4) is 0 Å². The molecule has 0 aromatic heterocycles. The minimum Gasteiger partial charge on any atom is -0.392 e. The molecule has 1 aliphatic carbocycles. The first-order chi connectivity index (χ1) is 12.0. The number of carbonyl (C=O) groups is 1. The minimum atomic E-state index is -0.273. The molecule has 1 aromatic carbocycles. The van der Waals surface area contributed by atoms with E-state index >= 15 is 0 Å². The van der Waals surface area contributed by atoms with Crippen molar-refractivity contribution in [2.75, 3.05) is 39.2 Å². The van der Waals surface area contributed by atoms with Crippen molar-refractivity contribution in [1.29, 1.82) is 0 Å². The summed E-state index contributed by atoms with van der Waals surface area (Å²) >= 11 is 0. The Kier molecular flexibility index (Phi) is 5.35. The number of nitrogens with zero attached hydrogens (tertiary/aromatic N) is 2. The second kappa shape index (κ2) is 7.34. The van der Waals surface area contributed by atoms with Gasteiger partial charge in [-0.2, -0.15) is 0 Å². The van der Waals surface area contributed by atoms with E-state index in [0.717, 1.165) is 38.8 Å². The Hall–Kier alpha value is -1.59. The molecule has 2 atom stereocenters. The van der Waals surface area contributed by atoms with Gasteiger partial charge in [0.25, 0.3) is 0 Å². The highest BCUT2D eigenvalue weighted by Gasteiger charge is 2.56. The Morgan fingerprint density at radius 2 is 1.92 bits per heavy atom. The molecule has 1 spiro atoms. The van der Waals surface area contributed by atoms with Crippen LogP contribution in [0, 0.1) is 5.41 Å². The summed E-state index contributed by atoms with van der Waals surface area (Å²) in [6.45, 7) is 1.46. The summed E-state index contributed by atoms with van der Waals surface area (Å²) in [5, 5.41) is 10.2. The fraction of sp³-hybridized carbons (Fsp3) is 0.650. The van der Waals surface area contributed by atoms with Crippen LogP contribution >= 0.6 is 0 Å². The van der Waals surface area contributed by atoms with E-state index < -0.39 is 0 Å². The molecule has 1 saturated heterocycles. The molecule has 0 bridgehead atoms. The van der Waals surface area contributed by atoms with Crippen LogP contribution in [0.25, 0.3) is 0 Å². The third-order valence-corrected chi connectivity index (χ3v) is 6.15. The number of aryl methyl sites for hydroxylation is 1. The molecule has 25 heavy (non-hydrogen) atoms. The molecule has 0 unspecified atom stereocenters. The SMILES string of the molecule is CO[C@@H]1C[C@H](O)C12CCN(C(=O)CCc1ccc(N(C)C)cc1)CC2. The van der Waals surface area contributed by atoms with Gasteiger partial charge in [-0.1, -0.05) is 12.1 Å². The number of piperidine rings is 1. The van der Waals surface area contributed by atoms with E-state index in [0.29, 0.717) is 6.42 Å². The van der Waals surface area contributed by atoms with Crippen LogP contribution in [0.4, 0.5) is 5.69 Å². The molecular formula is C20H30N2O3. The molecule has 5 nitrogen and oxygen atoms in total. The van der Waals surface area contributed by atoms with Crippen LogP contribution < -0.4 is 4.90 Å². The lowest BCUT2D eigenvalue weighted by Crippen LogP contribution is -2.62. The molecule has 2 fully saturated rings. The fourth-order valence-electron chi connectivity index (χ4n) is 4.25. The topological polar surface area (TPSA) is 53.0 Å². The van der Waals surface area contributed by atoms with Crippen LogP contribution in [0.15, 0.2) is 24.3 Å². The molecule has 138 valence electrons. The standard InChI is InChI=1S/C20H30N2O3/c1-21(2)16-7-4-15(5-8-16)6-9-19(24)22-12-10-20(11-13-22)17(23)14-18(20)25-3/h4-5,7-8,17-18,23H,6,9-14H2,1-3H3/t17-,18+/m0/s1. The van der Waals surface area contributed by atoms with Gasteiger partial charge in [0.1, 0.15) is 0 Å². The Balaban J connectivity index is 1.48. The van der Waals surface area contributed by atoms with Crippen LogP contribution in [-0.4, -0.2) is 62.4 Å². The lowest BCUT2D eigenvalue weighted by Gasteiger charge is -2.56. The maximum atomic E-state index is 12.5. The van der Waals surface area contributed by atoms with Crippen molar-refractivity contribution in [2.24, 2.45) is 5.41 Å². The van der Waals surface area contributed by atoms with Crippen LogP contribution in [0.1, 0.15) is 31.2 Å². The predicted octanol–water partition coefficient (Wildman–Crippen LogP) is 2.07. The Morgan fingerprint density at radius 3 is 2.44 bits per heavy atom. The third kappa shape index (κ3) is 3.53. The zero-order valence-corrected chi connectivity index (χ0v) is 15.6. The van der Waals surface area contributed by atoms with E-state index in [1.165, 1.54) is 11.3 Å². The number of methoxy groups -OCH3 is 1. The molecule has 0 radical (unpaired) electrons. The maximum Gasteiger partial charge on any atom is 0.222 e. The predicted molar refractivity (Wildman–Crippen MR) is 98.8 cm³/mol. The number of anilines is 1. The molecule has 1 aromatic rings. The molecular weight excluding hydrogens is 316 g/mol. The summed E-state index contributed by atoms with van der Waals surface area (Å²) in [7, 11) is 5.76. The molecule has 2 aliphatic rings. The Labute approximate surface area is 150 Å². The first-order valence-corrected chi connectivity index (χ1v) is 9.21. The second-order valence-corrected chi connectivity index (χ2v) is 7.65. The van der Waals surface area contributed by atoms with Crippen molar-refractivity contribution < 1.29 is 14.6 Å². The van der Waals surface area contributed by atoms with Crippen LogP contribution in [0.5, 0.6) is 0 Å². The number of rotatable bonds is 5. The van der Waals surface area contributed by atoms with Crippen LogP contribution in [0.2, 0.25) is 0 Å². The third-order valence-electron chi connectivity index (χ3n) is 6.15. The van der Waals surface area contributed by atoms with Gasteiger partial charge in [0, 0.05) is 58.2 Å². The Morgan fingerprint density at radius 1 is 1.28 bits per heavy atom. The average molecular weight is 346 g/mol. The minimum absolute atomic E-state index is 0.118. The van der Waals surface area contributed by atoms with Crippen LogP contribution in [0.3, 0.4) is 0 Å². The van der Waals surface area contributed by atoms with E-state index in [4.69, 9.17) is 4.74 Å². The van der Waals surface area contributed by atoms with Crippen molar-refractivity contribution in [1.82, 2.24) is 4.90 Å². The molecule has 1 saturated carbocycles. The van der Waals surface area contributed by atoms with Gasteiger partial charge in [0.05, 0.1) is 12.2 Å². The molecule has 1 aliphatic heterocycles. The highest BCUT2D eigenvalue weighted by Crippen LogP contribution is 2.50. The highest BCUT2D eigenvalue weighted by molar-refractivity contribution is 5.76. The van der Waals surface area contributed by atoms with Crippen molar-refractivity contribution in [3.63, 3.8) is 0 Å². The summed E-state index contributed by atoms with van der Waals surface area (Å²) in [5.41, 5.74) is 2.25. The summed E-state index contributed by atoms with van der Waals surface area (Å²) < 4.78 is 5.51. The zero-order chi connectivity index (χ0) is 18.0. The van der Waals surface area contributed by atoms with Crippen LogP contribution in [-0.2, 0) is 16.0 Å². The number of amides is 1. The first kappa shape index (κ1) is 18.2. The number of hydrogen-bond acceptors (Lipinski definition) is 4. The summed E-state index contributed by atoms with van der Waals surface area (Å²) in [6, 6.07) is 8.38. The number of benzene rings is 1. The normalized spacial score (nSPS) is 24.9. The van der Waals surface area contributed by atoms with E-state index in [2.05, 4.69) is 29.2 Å². The molecule has 1 N–H and O–H groups in total. The van der Waals surface area contributed by atoms with Gasteiger partial charge in [-0.3, -0.25) is 4.79 Å². The summed E-state index contributed by atoms with van der Waals surface area (Å²) in [6.07, 6.45) is 3.61. The number of hydrogen-bond donors (Lipinski definition) is 1. The van der Waals surface area contributed by atoms with E-state index in [-0.39, 0.29) is 23.5 Å².